The van der Waals surface area contributed by atoms with Gasteiger partial charge in [-0.25, -0.2) is 0 Å². The number of carbonyl (C=O) groups is 1. The number of hydrogen-bond acceptors (Lipinski definition) is 2. The summed E-state index contributed by atoms with van der Waals surface area (Å²) in [6.07, 6.45) is 10.3. The first kappa shape index (κ1) is 12.9. The van der Waals surface area contributed by atoms with Gasteiger partial charge in [0.15, 0.2) is 0 Å². The van der Waals surface area contributed by atoms with Crippen molar-refractivity contribution < 1.29 is 4.79 Å². The van der Waals surface area contributed by atoms with E-state index >= 15 is 0 Å². The van der Waals surface area contributed by atoms with Gasteiger partial charge in [0.2, 0.25) is 5.91 Å². The SMILES string of the molecule is CCCC(=O)NCC1(SC)CCCCC1. The molecule has 3 heteroatoms. The Morgan fingerprint density at radius 2 is 2.00 bits per heavy atom. The quantitative estimate of drug-likeness (QED) is 0.785. The van der Waals surface area contributed by atoms with Crippen LogP contribution in [0.1, 0.15) is 51.9 Å². The topological polar surface area (TPSA) is 29.1 Å². The first-order valence-electron chi connectivity index (χ1n) is 6.04. The summed E-state index contributed by atoms with van der Waals surface area (Å²) in [4.78, 5) is 11.4. The van der Waals surface area contributed by atoms with E-state index in [9.17, 15) is 4.79 Å². The van der Waals surface area contributed by atoms with Gasteiger partial charge in [-0.3, -0.25) is 4.79 Å². The Labute approximate surface area is 97.6 Å². The molecule has 0 spiro atoms. The standard InChI is InChI=1S/C12H23NOS/c1-3-7-11(14)13-10-12(15-2)8-5-4-6-9-12/h3-10H2,1-2H3,(H,13,14). The molecule has 0 radical (unpaired) electrons. The second kappa shape index (κ2) is 6.41. The van der Waals surface area contributed by atoms with Crippen LogP contribution in [0.2, 0.25) is 0 Å². The summed E-state index contributed by atoms with van der Waals surface area (Å²) in [5.41, 5.74) is 0. The Bertz CT molecular complexity index is 200. The fraction of sp³-hybridized carbons (Fsp3) is 0.917. The molecular weight excluding hydrogens is 206 g/mol. The highest BCUT2D eigenvalue weighted by molar-refractivity contribution is 8.00. The second-order valence-corrected chi connectivity index (χ2v) is 5.75. The van der Waals surface area contributed by atoms with Crippen molar-refractivity contribution >= 4 is 17.7 Å². The van der Waals surface area contributed by atoms with E-state index < -0.39 is 0 Å². The highest BCUT2D eigenvalue weighted by Crippen LogP contribution is 2.37. The molecule has 1 aliphatic carbocycles. The van der Waals surface area contributed by atoms with Crippen LogP contribution in [-0.4, -0.2) is 23.5 Å². The Balaban J connectivity index is 2.35. The molecule has 0 aliphatic heterocycles. The summed E-state index contributed by atoms with van der Waals surface area (Å²) >= 11 is 1.94. The lowest BCUT2D eigenvalue weighted by atomic mass is 9.88. The molecule has 0 aromatic carbocycles. The molecule has 1 fully saturated rings. The lowest BCUT2D eigenvalue weighted by molar-refractivity contribution is -0.121. The minimum absolute atomic E-state index is 0.219. The minimum Gasteiger partial charge on any atom is -0.355 e. The van der Waals surface area contributed by atoms with Gasteiger partial charge < -0.3 is 5.32 Å². The molecule has 0 saturated heterocycles. The fourth-order valence-electron chi connectivity index (χ4n) is 2.22. The Hall–Kier alpha value is -0.180. The summed E-state index contributed by atoms with van der Waals surface area (Å²) in [5.74, 6) is 0.219. The summed E-state index contributed by atoms with van der Waals surface area (Å²) in [6.45, 7) is 2.91. The number of amides is 1. The second-order valence-electron chi connectivity index (χ2n) is 4.47. The first-order chi connectivity index (χ1) is 7.22. The Kier molecular flexibility index (Phi) is 5.51. The van der Waals surface area contributed by atoms with Crippen LogP contribution in [0.25, 0.3) is 0 Å². The maximum Gasteiger partial charge on any atom is 0.220 e. The molecule has 1 aliphatic rings. The van der Waals surface area contributed by atoms with Crippen LogP contribution in [0.15, 0.2) is 0 Å². The first-order valence-corrected chi connectivity index (χ1v) is 7.27. The van der Waals surface area contributed by atoms with Gasteiger partial charge in [0.1, 0.15) is 0 Å². The van der Waals surface area contributed by atoms with Crippen molar-refractivity contribution in [3.05, 3.63) is 0 Å². The minimum atomic E-state index is 0.219. The lowest BCUT2D eigenvalue weighted by Crippen LogP contribution is -2.41. The molecule has 1 saturated carbocycles. The van der Waals surface area contributed by atoms with E-state index in [0.29, 0.717) is 11.2 Å². The van der Waals surface area contributed by atoms with Crippen molar-refractivity contribution in [2.24, 2.45) is 0 Å². The van der Waals surface area contributed by atoms with Crippen molar-refractivity contribution in [1.82, 2.24) is 5.32 Å². The third-order valence-corrected chi connectivity index (χ3v) is 4.70. The number of carbonyl (C=O) groups excluding carboxylic acids is 1. The smallest absolute Gasteiger partial charge is 0.220 e. The third kappa shape index (κ3) is 4.06. The van der Waals surface area contributed by atoms with E-state index in [4.69, 9.17) is 0 Å². The molecule has 0 unspecified atom stereocenters. The number of nitrogens with one attached hydrogen (secondary N) is 1. The Morgan fingerprint density at radius 3 is 2.53 bits per heavy atom. The monoisotopic (exact) mass is 229 g/mol. The molecule has 1 rings (SSSR count). The van der Waals surface area contributed by atoms with Crippen LogP contribution < -0.4 is 5.32 Å². The summed E-state index contributed by atoms with van der Waals surface area (Å²) < 4.78 is 0.335. The van der Waals surface area contributed by atoms with Crippen molar-refractivity contribution in [3.8, 4) is 0 Å². The van der Waals surface area contributed by atoms with E-state index in [1.807, 2.05) is 18.7 Å². The van der Waals surface area contributed by atoms with Gasteiger partial charge in [0.05, 0.1) is 0 Å². The van der Waals surface area contributed by atoms with Gasteiger partial charge in [-0.15, -0.1) is 0 Å². The zero-order valence-electron chi connectivity index (χ0n) is 9.97. The van der Waals surface area contributed by atoms with Gasteiger partial charge in [-0.1, -0.05) is 26.2 Å². The lowest BCUT2D eigenvalue weighted by Gasteiger charge is -2.35. The van der Waals surface area contributed by atoms with Crippen molar-refractivity contribution in [2.75, 3.05) is 12.8 Å². The maximum absolute atomic E-state index is 11.4. The van der Waals surface area contributed by atoms with Crippen LogP contribution in [0.4, 0.5) is 0 Å². The predicted molar refractivity (Wildman–Crippen MR) is 67.2 cm³/mol. The van der Waals surface area contributed by atoms with E-state index in [1.54, 1.807) is 0 Å². The zero-order valence-corrected chi connectivity index (χ0v) is 10.8. The summed E-state index contributed by atoms with van der Waals surface area (Å²) in [6, 6.07) is 0. The molecular formula is C12H23NOS. The fourth-order valence-corrected chi connectivity index (χ4v) is 3.14. The van der Waals surface area contributed by atoms with E-state index in [2.05, 4.69) is 11.6 Å². The average molecular weight is 229 g/mol. The molecule has 0 bridgehead atoms. The number of rotatable bonds is 5. The molecule has 0 heterocycles. The van der Waals surface area contributed by atoms with Crippen molar-refractivity contribution in [1.29, 1.82) is 0 Å². The molecule has 1 amide bonds. The molecule has 0 atom stereocenters. The zero-order chi connectivity index (χ0) is 11.1. The normalized spacial score (nSPS) is 19.9. The van der Waals surface area contributed by atoms with Gasteiger partial charge in [-0.05, 0) is 25.5 Å². The largest absolute Gasteiger partial charge is 0.355 e. The van der Waals surface area contributed by atoms with Gasteiger partial charge in [0, 0.05) is 17.7 Å². The average Bonchev–Trinajstić information content (AvgIpc) is 2.28. The Morgan fingerprint density at radius 1 is 1.33 bits per heavy atom. The maximum atomic E-state index is 11.4. The van der Waals surface area contributed by atoms with Crippen LogP contribution in [-0.2, 0) is 4.79 Å². The molecule has 0 aromatic heterocycles. The highest BCUT2D eigenvalue weighted by Gasteiger charge is 2.31. The molecule has 0 aromatic rings. The molecule has 15 heavy (non-hydrogen) atoms. The predicted octanol–water partition coefficient (Wildman–Crippen LogP) is 2.97. The van der Waals surface area contributed by atoms with E-state index in [-0.39, 0.29) is 5.91 Å². The summed E-state index contributed by atoms with van der Waals surface area (Å²) in [5, 5.41) is 3.09. The third-order valence-electron chi connectivity index (χ3n) is 3.28. The van der Waals surface area contributed by atoms with Crippen LogP contribution in [0.5, 0.6) is 0 Å². The molecule has 88 valence electrons. The van der Waals surface area contributed by atoms with Crippen LogP contribution in [0.3, 0.4) is 0 Å². The van der Waals surface area contributed by atoms with Crippen LogP contribution in [0, 0.1) is 0 Å². The number of hydrogen-bond donors (Lipinski definition) is 1. The van der Waals surface area contributed by atoms with Gasteiger partial charge >= 0.3 is 0 Å². The van der Waals surface area contributed by atoms with E-state index in [1.165, 1.54) is 32.1 Å². The highest BCUT2D eigenvalue weighted by atomic mass is 32.2. The van der Waals surface area contributed by atoms with Crippen molar-refractivity contribution in [2.45, 2.75) is 56.6 Å². The van der Waals surface area contributed by atoms with Crippen molar-refractivity contribution in [3.63, 3.8) is 0 Å². The molecule has 2 nitrogen and oxygen atoms in total. The number of thioether (sulfide) groups is 1. The van der Waals surface area contributed by atoms with E-state index in [0.717, 1.165) is 13.0 Å². The summed E-state index contributed by atoms with van der Waals surface area (Å²) in [7, 11) is 0. The van der Waals surface area contributed by atoms with Gasteiger partial charge in [0.25, 0.3) is 0 Å². The molecule has 1 N–H and O–H groups in total. The van der Waals surface area contributed by atoms with Crippen LogP contribution >= 0.6 is 11.8 Å². The van der Waals surface area contributed by atoms with Gasteiger partial charge in [-0.2, -0.15) is 11.8 Å².